The summed E-state index contributed by atoms with van der Waals surface area (Å²) in [5.41, 5.74) is 1.12. The number of carbonyl (C=O) groups excluding carboxylic acids is 1. The van der Waals surface area contributed by atoms with E-state index < -0.39 is 12.1 Å². The third kappa shape index (κ3) is 3.72. The molecule has 6 heteroatoms. The number of carbonyl (C=O) groups is 2. The fraction of sp³-hybridized carbons (Fsp3) is 0.333. The predicted octanol–water partition coefficient (Wildman–Crippen LogP) is 1.21. The molecule has 0 saturated carbocycles. The number of aliphatic hydroxyl groups excluding tert-OH is 1. The maximum Gasteiger partial charge on any atom is 0.332 e. The normalized spacial score (nSPS) is 11.9. The van der Waals surface area contributed by atoms with Crippen LogP contribution in [0.2, 0.25) is 5.02 Å². The summed E-state index contributed by atoms with van der Waals surface area (Å²) in [6.07, 6.45) is -1.52. The molecule has 18 heavy (non-hydrogen) atoms. The van der Waals surface area contributed by atoms with Gasteiger partial charge in [-0.25, -0.2) is 4.79 Å². The lowest BCUT2D eigenvalue weighted by molar-refractivity contribution is -0.146. The predicted molar refractivity (Wildman–Crippen MR) is 66.8 cm³/mol. The molecule has 3 N–H and O–H groups in total. The second-order valence-electron chi connectivity index (χ2n) is 3.84. The molecule has 1 atom stereocenters. The van der Waals surface area contributed by atoms with Crippen LogP contribution in [0.3, 0.4) is 0 Å². The van der Waals surface area contributed by atoms with Gasteiger partial charge in [-0.1, -0.05) is 23.7 Å². The number of hydrogen-bond donors (Lipinski definition) is 3. The summed E-state index contributed by atoms with van der Waals surface area (Å²) in [6, 6.07) is 5.08. The average Bonchev–Trinajstić information content (AvgIpc) is 2.32. The van der Waals surface area contributed by atoms with Crippen molar-refractivity contribution in [2.75, 3.05) is 6.54 Å². The lowest BCUT2D eigenvalue weighted by Crippen LogP contribution is -2.30. The lowest BCUT2D eigenvalue weighted by atomic mass is 10.1. The summed E-state index contributed by atoms with van der Waals surface area (Å²) in [5, 5.41) is 20.4. The highest BCUT2D eigenvalue weighted by Crippen LogP contribution is 2.19. The summed E-state index contributed by atoms with van der Waals surface area (Å²) in [6.45, 7) is 1.85. The first kappa shape index (κ1) is 14.5. The molecule has 0 spiro atoms. The first-order chi connectivity index (χ1) is 8.43. The fourth-order valence-electron chi connectivity index (χ4n) is 1.36. The highest BCUT2D eigenvalue weighted by molar-refractivity contribution is 6.34. The summed E-state index contributed by atoms with van der Waals surface area (Å²) in [5.74, 6) is -1.70. The first-order valence-electron chi connectivity index (χ1n) is 5.37. The third-order valence-corrected chi connectivity index (χ3v) is 2.93. The molecule has 1 aromatic carbocycles. The van der Waals surface area contributed by atoms with Crippen LogP contribution in [0.25, 0.3) is 0 Å². The van der Waals surface area contributed by atoms with Crippen LogP contribution < -0.4 is 5.32 Å². The van der Waals surface area contributed by atoms with Gasteiger partial charge >= 0.3 is 5.97 Å². The third-order valence-electron chi connectivity index (χ3n) is 2.42. The number of aryl methyl sites for hydroxylation is 1. The zero-order valence-electron chi connectivity index (χ0n) is 9.81. The molecule has 0 aliphatic carbocycles. The van der Waals surface area contributed by atoms with Crippen LogP contribution in [0.5, 0.6) is 0 Å². The molecule has 98 valence electrons. The molecule has 1 rings (SSSR count). The Morgan fingerprint density at radius 2 is 2.11 bits per heavy atom. The minimum absolute atomic E-state index is 0.0511. The number of rotatable bonds is 5. The molecule has 1 unspecified atom stereocenters. The summed E-state index contributed by atoms with van der Waals surface area (Å²) in [7, 11) is 0. The zero-order valence-corrected chi connectivity index (χ0v) is 10.6. The van der Waals surface area contributed by atoms with Crippen molar-refractivity contribution in [2.24, 2.45) is 0 Å². The van der Waals surface area contributed by atoms with Crippen molar-refractivity contribution in [3.8, 4) is 0 Å². The number of carboxylic acids is 1. The van der Waals surface area contributed by atoms with Gasteiger partial charge in [-0.05, 0) is 18.6 Å². The van der Waals surface area contributed by atoms with Crippen molar-refractivity contribution in [2.45, 2.75) is 19.4 Å². The van der Waals surface area contributed by atoms with Crippen molar-refractivity contribution in [3.05, 3.63) is 34.3 Å². The van der Waals surface area contributed by atoms with Crippen LogP contribution in [0.15, 0.2) is 18.2 Å². The van der Waals surface area contributed by atoms with Gasteiger partial charge in [0.25, 0.3) is 5.91 Å². The topological polar surface area (TPSA) is 86.6 Å². The maximum absolute atomic E-state index is 11.7. The van der Waals surface area contributed by atoms with E-state index in [0.29, 0.717) is 10.6 Å². The monoisotopic (exact) mass is 271 g/mol. The van der Waals surface area contributed by atoms with E-state index in [-0.39, 0.29) is 18.9 Å². The van der Waals surface area contributed by atoms with Gasteiger partial charge in [-0.15, -0.1) is 0 Å². The smallest absolute Gasteiger partial charge is 0.332 e. The summed E-state index contributed by atoms with van der Waals surface area (Å²) in [4.78, 5) is 22.1. The lowest BCUT2D eigenvalue weighted by Gasteiger charge is -2.09. The Labute approximate surface area is 109 Å². The second kappa shape index (κ2) is 6.37. The van der Waals surface area contributed by atoms with E-state index in [1.807, 2.05) is 0 Å². The average molecular weight is 272 g/mol. The van der Waals surface area contributed by atoms with Crippen LogP contribution in [-0.2, 0) is 4.79 Å². The number of aliphatic carboxylic acids is 1. The zero-order chi connectivity index (χ0) is 13.7. The molecule has 0 aromatic heterocycles. The minimum Gasteiger partial charge on any atom is -0.479 e. The number of aliphatic hydroxyl groups is 1. The van der Waals surface area contributed by atoms with Gasteiger partial charge in [0.1, 0.15) is 0 Å². The Bertz CT molecular complexity index is 461. The molecule has 0 radical (unpaired) electrons. The van der Waals surface area contributed by atoms with Crippen molar-refractivity contribution < 1.29 is 19.8 Å². The SMILES string of the molecule is Cc1cccc(C(=O)NCCC(O)C(=O)O)c1Cl. The quantitative estimate of drug-likeness (QED) is 0.751. The van der Waals surface area contributed by atoms with E-state index in [4.69, 9.17) is 21.8 Å². The fourth-order valence-corrected chi connectivity index (χ4v) is 1.58. The molecule has 0 aliphatic rings. The van der Waals surface area contributed by atoms with E-state index in [9.17, 15) is 9.59 Å². The van der Waals surface area contributed by atoms with Gasteiger partial charge in [0.2, 0.25) is 0 Å². The van der Waals surface area contributed by atoms with Crippen molar-refractivity contribution >= 4 is 23.5 Å². The largest absolute Gasteiger partial charge is 0.479 e. The van der Waals surface area contributed by atoms with Crippen LogP contribution in [0, 0.1) is 6.92 Å². The summed E-state index contributed by atoms with van der Waals surface area (Å²) < 4.78 is 0. The molecule has 0 saturated heterocycles. The number of carboxylic acid groups (broad SMARTS) is 1. The van der Waals surface area contributed by atoms with Gasteiger partial charge in [0.15, 0.2) is 6.10 Å². The second-order valence-corrected chi connectivity index (χ2v) is 4.21. The number of nitrogens with one attached hydrogen (secondary N) is 1. The Hall–Kier alpha value is -1.59. The Balaban J connectivity index is 2.56. The van der Waals surface area contributed by atoms with E-state index in [2.05, 4.69) is 5.32 Å². The molecular weight excluding hydrogens is 258 g/mol. The highest BCUT2D eigenvalue weighted by atomic mass is 35.5. The first-order valence-corrected chi connectivity index (χ1v) is 5.75. The van der Waals surface area contributed by atoms with E-state index in [1.54, 1.807) is 25.1 Å². The summed E-state index contributed by atoms with van der Waals surface area (Å²) >= 11 is 5.98. The van der Waals surface area contributed by atoms with Crippen molar-refractivity contribution in [1.29, 1.82) is 0 Å². The number of halogens is 1. The highest BCUT2D eigenvalue weighted by Gasteiger charge is 2.15. The van der Waals surface area contributed by atoms with E-state index in [0.717, 1.165) is 5.56 Å². The van der Waals surface area contributed by atoms with Gasteiger partial charge in [0, 0.05) is 13.0 Å². The standard InChI is InChI=1S/C12H14ClNO4/c1-7-3-2-4-8(10(7)13)11(16)14-6-5-9(15)12(17)18/h2-4,9,15H,5-6H2,1H3,(H,14,16)(H,17,18). The van der Waals surface area contributed by atoms with E-state index >= 15 is 0 Å². The molecular formula is C12H14ClNO4. The molecule has 0 fully saturated rings. The molecule has 1 aromatic rings. The van der Waals surface area contributed by atoms with Crippen molar-refractivity contribution in [3.63, 3.8) is 0 Å². The van der Waals surface area contributed by atoms with Gasteiger partial charge in [0.05, 0.1) is 10.6 Å². The number of amides is 1. The Kier molecular flexibility index (Phi) is 5.12. The molecule has 0 bridgehead atoms. The van der Waals surface area contributed by atoms with Crippen LogP contribution in [0.4, 0.5) is 0 Å². The van der Waals surface area contributed by atoms with Crippen LogP contribution >= 0.6 is 11.6 Å². The molecule has 0 aliphatic heterocycles. The Morgan fingerprint density at radius 3 is 2.72 bits per heavy atom. The van der Waals surface area contributed by atoms with Gasteiger partial charge in [-0.2, -0.15) is 0 Å². The molecule has 5 nitrogen and oxygen atoms in total. The number of hydrogen-bond acceptors (Lipinski definition) is 3. The number of benzene rings is 1. The van der Waals surface area contributed by atoms with E-state index in [1.165, 1.54) is 0 Å². The molecule has 0 heterocycles. The Morgan fingerprint density at radius 1 is 1.44 bits per heavy atom. The minimum atomic E-state index is -1.47. The molecule has 1 amide bonds. The van der Waals surface area contributed by atoms with Gasteiger partial charge in [-0.3, -0.25) is 4.79 Å². The maximum atomic E-state index is 11.7. The van der Waals surface area contributed by atoms with Crippen LogP contribution in [0.1, 0.15) is 22.3 Å². The van der Waals surface area contributed by atoms with Crippen molar-refractivity contribution in [1.82, 2.24) is 5.32 Å². The van der Waals surface area contributed by atoms with Crippen LogP contribution in [-0.4, -0.2) is 34.7 Å². The van der Waals surface area contributed by atoms with Gasteiger partial charge < -0.3 is 15.5 Å².